The fourth-order valence-corrected chi connectivity index (χ4v) is 2.93. The molecule has 0 spiro atoms. The topological polar surface area (TPSA) is 95.1 Å². The first-order valence-electron chi connectivity index (χ1n) is 6.81. The molecule has 1 fully saturated rings. The fraction of sp³-hybridized carbons (Fsp3) is 0.385. The van der Waals surface area contributed by atoms with E-state index >= 15 is 0 Å². The molecule has 116 valence electrons. The number of pyridine rings is 1. The molecule has 3 rings (SSSR count). The highest BCUT2D eigenvalue weighted by molar-refractivity contribution is 6.29. The van der Waals surface area contributed by atoms with Crippen LogP contribution >= 0.6 is 11.6 Å². The smallest absolute Gasteiger partial charge is 0.287 e. The molecule has 8 nitrogen and oxygen atoms in total. The molecule has 1 saturated heterocycles. The van der Waals surface area contributed by atoms with Gasteiger partial charge in [0.15, 0.2) is 11.7 Å². The number of hydrogen-bond donors (Lipinski definition) is 1. The van der Waals surface area contributed by atoms with E-state index in [9.17, 15) is 10.1 Å². The Bertz CT molecular complexity index is 658. The molecule has 3 heterocycles. The highest BCUT2D eigenvalue weighted by Gasteiger charge is 2.39. The van der Waals surface area contributed by atoms with E-state index in [-0.39, 0.29) is 17.0 Å². The van der Waals surface area contributed by atoms with E-state index < -0.39 is 0 Å². The van der Waals surface area contributed by atoms with Crippen molar-refractivity contribution in [1.29, 1.82) is 0 Å². The van der Waals surface area contributed by atoms with E-state index in [0.29, 0.717) is 42.9 Å². The number of allylic oxidation sites excluding steroid dienone is 1. The van der Waals surface area contributed by atoms with Gasteiger partial charge in [0.05, 0.1) is 4.92 Å². The summed E-state index contributed by atoms with van der Waals surface area (Å²) in [5, 5.41) is 24.1. The van der Waals surface area contributed by atoms with Crippen LogP contribution in [0.25, 0.3) is 0 Å². The summed E-state index contributed by atoms with van der Waals surface area (Å²) in [6, 6.07) is 3.53. The molecule has 0 unspecified atom stereocenters. The van der Waals surface area contributed by atoms with Gasteiger partial charge in [-0.1, -0.05) is 22.8 Å². The van der Waals surface area contributed by atoms with Crippen molar-refractivity contribution in [2.75, 3.05) is 13.1 Å². The zero-order chi connectivity index (χ0) is 15.7. The molecule has 0 bridgehead atoms. The van der Waals surface area contributed by atoms with Crippen LogP contribution in [0.1, 0.15) is 18.4 Å². The number of aromatic nitrogens is 1. The molecule has 1 N–H and O–H groups in total. The summed E-state index contributed by atoms with van der Waals surface area (Å²) in [6.45, 7) is 1.67. The van der Waals surface area contributed by atoms with Crippen molar-refractivity contribution >= 4 is 17.4 Å². The maximum Gasteiger partial charge on any atom is 0.287 e. The fourth-order valence-electron chi connectivity index (χ4n) is 2.82. The van der Waals surface area contributed by atoms with Crippen LogP contribution in [0, 0.1) is 10.1 Å². The van der Waals surface area contributed by atoms with E-state index in [1.807, 2.05) is 11.0 Å². The predicted molar refractivity (Wildman–Crippen MR) is 78.8 cm³/mol. The molecule has 0 radical (unpaired) electrons. The average molecular weight is 324 g/mol. The van der Waals surface area contributed by atoms with Gasteiger partial charge in [-0.25, -0.2) is 4.98 Å². The maximum atomic E-state index is 11.3. The predicted octanol–water partition coefficient (Wildman–Crippen LogP) is 1.88. The van der Waals surface area contributed by atoms with E-state index in [1.54, 1.807) is 17.2 Å². The van der Waals surface area contributed by atoms with E-state index in [4.69, 9.17) is 16.8 Å². The Labute approximate surface area is 131 Å². The SMILES string of the molecule is O=[N+]([O-])C1=C2N(Cc3ccc(Cl)nc3)CCN2C(=NO)CC1. The second-order valence-electron chi connectivity index (χ2n) is 5.11. The first kappa shape index (κ1) is 14.6. The minimum absolute atomic E-state index is 0.159. The first-order valence-corrected chi connectivity index (χ1v) is 7.19. The van der Waals surface area contributed by atoms with Crippen LogP contribution in [0.4, 0.5) is 0 Å². The van der Waals surface area contributed by atoms with Crippen LogP contribution in [-0.4, -0.2) is 43.8 Å². The van der Waals surface area contributed by atoms with Crippen LogP contribution in [0.3, 0.4) is 0 Å². The number of hydrogen-bond acceptors (Lipinski definition) is 6. The second kappa shape index (κ2) is 5.80. The van der Waals surface area contributed by atoms with Crippen molar-refractivity contribution in [2.24, 2.45) is 5.16 Å². The van der Waals surface area contributed by atoms with Gasteiger partial charge in [0, 0.05) is 38.7 Å². The number of halogens is 1. The minimum Gasteiger partial charge on any atom is -0.409 e. The number of oxime groups is 1. The first-order chi connectivity index (χ1) is 10.6. The van der Waals surface area contributed by atoms with E-state index in [1.165, 1.54) is 0 Å². The van der Waals surface area contributed by atoms with Crippen LogP contribution in [0.15, 0.2) is 35.0 Å². The van der Waals surface area contributed by atoms with Crippen LogP contribution < -0.4 is 0 Å². The monoisotopic (exact) mass is 323 g/mol. The lowest BCUT2D eigenvalue weighted by atomic mass is 10.1. The van der Waals surface area contributed by atoms with Crippen LogP contribution in [-0.2, 0) is 6.54 Å². The maximum absolute atomic E-state index is 11.3. The molecule has 2 aliphatic rings. The third kappa shape index (κ3) is 2.57. The largest absolute Gasteiger partial charge is 0.409 e. The highest BCUT2D eigenvalue weighted by atomic mass is 35.5. The molecular formula is C13H14ClN5O3. The lowest BCUT2D eigenvalue weighted by molar-refractivity contribution is -0.431. The summed E-state index contributed by atoms with van der Waals surface area (Å²) < 4.78 is 0. The Morgan fingerprint density at radius 1 is 1.41 bits per heavy atom. The molecule has 1 aromatic heterocycles. The van der Waals surface area contributed by atoms with Gasteiger partial charge < -0.3 is 15.0 Å². The lowest BCUT2D eigenvalue weighted by Gasteiger charge is -2.28. The summed E-state index contributed by atoms with van der Waals surface area (Å²) in [7, 11) is 0. The van der Waals surface area contributed by atoms with Gasteiger partial charge in [-0.15, -0.1) is 0 Å². The van der Waals surface area contributed by atoms with Crippen molar-refractivity contribution < 1.29 is 10.1 Å². The number of nitro groups is 1. The highest BCUT2D eigenvalue weighted by Crippen LogP contribution is 2.32. The quantitative estimate of drug-likeness (QED) is 0.395. The summed E-state index contributed by atoms with van der Waals surface area (Å²) in [5.41, 5.74) is 1.07. The average Bonchev–Trinajstić information content (AvgIpc) is 2.92. The zero-order valence-electron chi connectivity index (χ0n) is 11.6. The van der Waals surface area contributed by atoms with Gasteiger partial charge in [0.2, 0.25) is 0 Å². The summed E-state index contributed by atoms with van der Waals surface area (Å²) in [4.78, 5) is 18.6. The van der Waals surface area contributed by atoms with Crippen LogP contribution in [0.2, 0.25) is 5.15 Å². The molecule has 9 heteroatoms. The van der Waals surface area contributed by atoms with Crippen molar-refractivity contribution in [2.45, 2.75) is 19.4 Å². The number of amidine groups is 1. The van der Waals surface area contributed by atoms with E-state index in [0.717, 1.165) is 5.56 Å². The minimum atomic E-state index is -0.352. The van der Waals surface area contributed by atoms with Gasteiger partial charge in [-0.05, 0) is 11.6 Å². The molecular weight excluding hydrogens is 310 g/mol. The molecule has 0 aliphatic carbocycles. The molecule has 1 aromatic rings. The summed E-state index contributed by atoms with van der Waals surface area (Å²) >= 11 is 5.77. The van der Waals surface area contributed by atoms with Gasteiger partial charge in [-0.2, -0.15) is 0 Å². The molecule has 2 aliphatic heterocycles. The Morgan fingerprint density at radius 2 is 2.23 bits per heavy atom. The van der Waals surface area contributed by atoms with Gasteiger partial charge in [0.25, 0.3) is 5.70 Å². The zero-order valence-corrected chi connectivity index (χ0v) is 12.4. The normalized spacial score (nSPS) is 19.8. The van der Waals surface area contributed by atoms with Gasteiger partial charge in [0.1, 0.15) is 5.15 Å². The Morgan fingerprint density at radius 3 is 2.86 bits per heavy atom. The molecule has 0 amide bonds. The molecule has 0 saturated carbocycles. The van der Waals surface area contributed by atoms with Crippen LogP contribution in [0.5, 0.6) is 0 Å². The Balaban J connectivity index is 1.92. The molecule has 0 aromatic carbocycles. The van der Waals surface area contributed by atoms with E-state index in [2.05, 4.69) is 10.1 Å². The van der Waals surface area contributed by atoms with Gasteiger partial charge in [-0.3, -0.25) is 10.1 Å². The Kier molecular flexibility index (Phi) is 3.84. The third-order valence-electron chi connectivity index (χ3n) is 3.80. The molecule has 0 atom stereocenters. The van der Waals surface area contributed by atoms with Gasteiger partial charge >= 0.3 is 0 Å². The number of rotatable bonds is 3. The lowest BCUT2D eigenvalue weighted by Crippen LogP contribution is -2.35. The van der Waals surface area contributed by atoms with Crippen molar-refractivity contribution in [3.8, 4) is 0 Å². The third-order valence-corrected chi connectivity index (χ3v) is 4.03. The Hall–Kier alpha value is -2.35. The summed E-state index contributed by atoms with van der Waals surface area (Å²) in [6.07, 6.45) is 2.28. The molecule has 22 heavy (non-hydrogen) atoms. The number of fused-ring (bicyclic) bond motifs is 1. The summed E-state index contributed by atoms with van der Waals surface area (Å²) in [5.74, 6) is 0.983. The standard InChI is InChI=1S/C13H14ClN5O3/c14-11-3-1-9(7-15-11)8-17-5-6-18-12(16-20)4-2-10(13(17)18)19(21)22/h1,3,7,20H,2,4-6,8H2. The van der Waals surface area contributed by atoms with Crippen molar-refractivity contribution in [1.82, 2.24) is 14.8 Å². The van der Waals surface area contributed by atoms with Crippen molar-refractivity contribution in [3.63, 3.8) is 0 Å². The second-order valence-corrected chi connectivity index (χ2v) is 5.49. The van der Waals surface area contributed by atoms with Crippen molar-refractivity contribution in [3.05, 3.63) is 50.7 Å². The number of nitrogens with zero attached hydrogens (tertiary/aromatic N) is 5.